The average molecular weight is 500 g/mol. The number of aromatic nitrogens is 2. The number of aryl methyl sites for hydroxylation is 2. The Hall–Kier alpha value is -2.04. The number of aliphatic imine (C=N–C) groups is 1. The molecular formula is C19H29IN6O2. The zero-order valence-corrected chi connectivity index (χ0v) is 18.8. The summed E-state index contributed by atoms with van der Waals surface area (Å²) in [5.41, 5.74) is 0.897. The van der Waals surface area contributed by atoms with E-state index in [1.165, 1.54) is 0 Å². The molecule has 2 heterocycles. The van der Waals surface area contributed by atoms with Gasteiger partial charge in [-0.05, 0) is 32.4 Å². The van der Waals surface area contributed by atoms with Gasteiger partial charge in [-0.1, -0.05) is 17.3 Å². The number of phenols is 1. The van der Waals surface area contributed by atoms with Crippen molar-refractivity contribution in [1.29, 1.82) is 0 Å². The molecule has 1 aliphatic rings. The van der Waals surface area contributed by atoms with E-state index in [9.17, 15) is 5.11 Å². The number of nitrogens with one attached hydrogen (secondary N) is 1. The number of phenolic OH excluding ortho intramolecular Hbond substituents is 1. The Bertz CT molecular complexity index is 758. The van der Waals surface area contributed by atoms with Crippen molar-refractivity contribution in [3.05, 3.63) is 36.0 Å². The molecule has 1 aromatic carbocycles. The normalized spacial score (nSPS) is 14.7. The number of hydrogen-bond donors (Lipinski definition) is 2. The van der Waals surface area contributed by atoms with Crippen molar-refractivity contribution < 1.29 is 9.63 Å². The molecule has 1 aromatic heterocycles. The van der Waals surface area contributed by atoms with Crippen LogP contribution in [-0.4, -0.2) is 65.4 Å². The fourth-order valence-corrected chi connectivity index (χ4v) is 3.17. The number of guanidine groups is 1. The van der Waals surface area contributed by atoms with Crippen LogP contribution >= 0.6 is 24.0 Å². The van der Waals surface area contributed by atoms with Crippen molar-refractivity contribution in [2.75, 3.05) is 44.2 Å². The predicted molar refractivity (Wildman–Crippen MR) is 121 cm³/mol. The molecule has 0 saturated carbocycles. The van der Waals surface area contributed by atoms with Crippen molar-refractivity contribution in [1.82, 2.24) is 20.4 Å². The van der Waals surface area contributed by atoms with E-state index in [-0.39, 0.29) is 24.0 Å². The lowest BCUT2D eigenvalue weighted by molar-refractivity contribution is 0.367. The second-order valence-corrected chi connectivity index (χ2v) is 6.54. The third-order valence-corrected chi connectivity index (χ3v) is 4.52. The number of halogens is 1. The first kappa shape index (κ1) is 22.3. The Balaban J connectivity index is 0.00000280. The van der Waals surface area contributed by atoms with Gasteiger partial charge >= 0.3 is 0 Å². The summed E-state index contributed by atoms with van der Waals surface area (Å²) in [5.74, 6) is 2.62. The fraction of sp³-hybridized carbons (Fsp3) is 0.526. The van der Waals surface area contributed by atoms with Crippen LogP contribution in [0.2, 0.25) is 0 Å². The van der Waals surface area contributed by atoms with Crippen molar-refractivity contribution in [3.63, 3.8) is 0 Å². The Morgan fingerprint density at radius 1 is 1.25 bits per heavy atom. The van der Waals surface area contributed by atoms with E-state index in [0.717, 1.165) is 57.2 Å². The molecule has 2 aromatic rings. The molecule has 3 rings (SSSR count). The second-order valence-electron chi connectivity index (χ2n) is 6.54. The first-order chi connectivity index (χ1) is 13.2. The molecule has 0 radical (unpaired) electrons. The van der Waals surface area contributed by atoms with Crippen LogP contribution in [0.25, 0.3) is 0 Å². The van der Waals surface area contributed by atoms with E-state index < -0.39 is 0 Å². The third kappa shape index (κ3) is 5.98. The number of anilines is 1. The standard InChI is InChI=1S/C19H28N6O2.HI/c1-3-20-19(21-10-6-9-18-22-15(2)23-27-18)25-13-11-24(12-14-25)16-7-4-5-8-17(16)26;/h4-5,7-8,26H,3,6,9-14H2,1-2H3,(H,20,21);1H. The van der Waals surface area contributed by atoms with Crippen LogP contribution < -0.4 is 10.2 Å². The number of benzene rings is 1. The zero-order valence-electron chi connectivity index (χ0n) is 16.5. The highest BCUT2D eigenvalue weighted by Crippen LogP contribution is 2.27. The topological polar surface area (TPSA) is 90.0 Å². The minimum absolute atomic E-state index is 0. The van der Waals surface area contributed by atoms with Crippen molar-refractivity contribution in [3.8, 4) is 5.75 Å². The Kier molecular flexibility index (Phi) is 8.81. The molecule has 0 unspecified atom stereocenters. The summed E-state index contributed by atoms with van der Waals surface area (Å²) in [6.07, 6.45) is 1.61. The highest BCUT2D eigenvalue weighted by atomic mass is 127. The maximum atomic E-state index is 10.1. The SMILES string of the molecule is CCNC(=NCCCc1nc(C)no1)N1CCN(c2ccccc2O)CC1.I. The van der Waals surface area contributed by atoms with Gasteiger partial charge in [-0.3, -0.25) is 4.99 Å². The van der Waals surface area contributed by atoms with E-state index in [4.69, 9.17) is 9.52 Å². The zero-order chi connectivity index (χ0) is 19.1. The lowest BCUT2D eigenvalue weighted by Crippen LogP contribution is -2.52. The molecule has 1 saturated heterocycles. The van der Waals surface area contributed by atoms with Gasteiger partial charge in [-0.2, -0.15) is 4.98 Å². The van der Waals surface area contributed by atoms with Crippen molar-refractivity contribution in [2.24, 2.45) is 4.99 Å². The van der Waals surface area contributed by atoms with Crippen LogP contribution in [0, 0.1) is 6.92 Å². The van der Waals surface area contributed by atoms with Gasteiger partial charge in [0.2, 0.25) is 5.89 Å². The van der Waals surface area contributed by atoms with Crippen LogP contribution in [0.1, 0.15) is 25.1 Å². The van der Waals surface area contributed by atoms with E-state index in [2.05, 4.69) is 32.2 Å². The molecule has 0 bridgehead atoms. The molecule has 0 atom stereocenters. The smallest absolute Gasteiger partial charge is 0.226 e. The maximum Gasteiger partial charge on any atom is 0.226 e. The lowest BCUT2D eigenvalue weighted by Gasteiger charge is -2.37. The summed E-state index contributed by atoms with van der Waals surface area (Å²) < 4.78 is 5.14. The molecule has 0 spiro atoms. The summed E-state index contributed by atoms with van der Waals surface area (Å²) in [4.78, 5) is 13.5. The van der Waals surface area contributed by atoms with Crippen molar-refractivity contribution in [2.45, 2.75) is 26.7 Å². The summed E-state index contributed by atoms with van der Waals surface area (Å²) in [6.45, 7) is 8.88. The first-order valence-corrected chi connectivity index (χ1v) is 9.52. The van der Waals surface area contributed by atoms with Gasteiger partial charge in [0.15, 0.2) is 11.8 Å². The molecule has 154 valence electrons. The van der Waals surface area contributed by atoms with Gasteiger partial charge in [0, 0.05) is 45.7 Å². The minimum atomic E-state index is 0. The number of rotatable bonds is 6. The van der Waals surface area contributed by atoms with Gasteiger partial charge in [-0.15, -0.1) is 24.0 Å². The van der Waals surface area contributed by atoms with E-state index in [1.807, 2.05) is 25.1 Å². The monoisotopic (exact) mass is 500 g/mol. The largest absolute Gasteiger partial charge is 0.506 e. The van der Waals surface area contributed by atoms with Crippen LogP contribution in [0.15, 0.2) is 33.8 Å². The highest BCUT2D eigenvalue weighted by molar-refractivity contribution is 14.0. The second kappa shape index (κ2) is 11.1. The Labute approximate surface area is 183 Å². The molecule has 0 amide bonds. The molecule has 1 fully saturated rings. The number of aromatic hydroxyl groups is 1. The molecule has 1 aliphatic heterocycles. The molecule has 8 nitrogen and oxygen atoms in total. The summed E-state index contributed by atoms with van der Waals surface area (Å²) in [7, 11) is 0. The first-order valence-electron chi connectivity index (χ1n) is 9.52. The molecule has 9 heteroatoms. The number of piperazine rings is 1. The van der Waals surface area contributed by atoms with Gasteiger partial charge in [0.1, 0.15) is 5.75 Å². The van der Waals surface area contributed by atoms with Crippen LogP contribution in [0.5, 0.6) is 5.75 Å². The van der Waals surface area contributed by atoms with Gasteiger partial charge in [-0.25, -0.2) is 0 Å². The summed E-state index contributed by atoms with van der Waals surface area (Å²) >= 11 is 0. The average Bonchev–Trinajstić information content (AvgIpc) is 3.10. The fourth-order valence-electron chi connectivity index (χ4n) is 3.17. The predicted octanol–water partition coefficient (Wildman–Crippen LogP) is 2.42. The van der Waals surface area contributed by atoms with Crippen molar-refractivity contribution >= 4 is 35.6 Å². The van der Waals surface area contributed by atoms with E-state index in [1.54, 1.807) is 6.07 Å². The third-order valence-electron chi connectivity index (χ3n) is 4.52. The summed E-state index contributed by atoms with van der Waals surface area (Å²) in [6, 6.07) is 7.50. The van der Waals surface area contributed by atoms with Crippen LogP contribution in [-0.2, 0) is 6.42 Å². The molecule has 0 aliphatic carbocycles. The maximum absolute atomic E-state index is 10.1. The Morgan fingerprint density at radius 3 is 2.64 bits per heavy atom. The lowest BCUT2D eigenvalue weighted by atomic mass is 10.2. The van der Waals surface area contributed by atoms with Gasteiger partial charge in [0.25, 0.3) is 0 Å². The molecule has 28 heavy (non-hydrogen) atoms. The Morgan fingerprint density at radius 2 is 2.00 bits per heavy atom. The van der Waals surface area contributed by atoms with Gasteiger partial charge in [0.05, 0.1) is 5.69 Å². The highest BCUT2D eigenvalue weighted by Gasteiger charge is 2.21. The number of hydrogen-bond acceptors (Lipinski definition) is 6. The van der Waals surface area contributed by atoms with E-state index >= 15 is 0 Å². The number of nitrogens with zero attached hydrogens (tertiary/aromatic N) is 5. The quantitative estimate of drug-likeness (QED) is 0.273. The van der Waals surface area contributed by atoms with Gasteiger partial charge < -0.3 is 24.7 Å². The molecule has 2 N–H and O–H groups in total. The number of para-hydroxylation sites is 2. The summed E-state index contributed by atoms with van der Waals surface area (Å²) in [5, 5.41) is 17.2. The molecular weight excluding hydrogens is 471 g/mol. The van der Waals surface area contributed by atoms with E-state index in [0.29, 0.717) is 24.0 Å². The van der Waals surface area contributed by atoms with Crippen LogP contribution in [0.3, 0.4) is 0 Å². The minimum Gasteiger partial charge on any atom is -0.506 e. The van der Waals surface area contributed by atoms with Crippen LogP contribution in [0.4, 0.5) is 5.69 Å².